The Morgan fingerprint density at radius 3 is 2.29 bits per heavy atom. The van der Waals surface area contributed by atoms with Gasteiger partial charge < -0.3 is 9.36 Å². The van der Waals surface area contributed by atoms with Crippen LogP contribution >= 0.6 is 0 Å². The molecule has 0 fully saturated rings. The average Bonchev–Trinajstić information content (AvgIpc) is 3.48. The summed E-state index contributed by atoms with van der Waals surface area (Å²) < 4.78 is 5.55. The summed E-state index contributed by atoms with van der Waals surface area (Å²) in [7, 11) is 0. The molecule has 1 aliphatic rings. The maximum Gasteiger partial charge on any atom is 0.186 e. The summed E-state index contributed by atoms with van der Waals surface area (Å²) in [5, 5.41) is 8.65. The number of benzene rings is 3. The van der Waals surface area contributed by atoms with E-state index in [2.05, 4.69) is 53.6 Å². The van der Waals surface area contributed by atoms with Gasteiger partial charge in [0, 0.05) is 23.6 Å². The molecule has 0 saturated carbocycles. The van der Waals surface area contributed by atoms with Crippen LogP contribution in [0.3, 0.4) is 0 Å². The molecule has 5 rings (SSSR count). The Morgan fingerprint density at radius 2 is 1.55 bits per heavy atom. The molecule has 0 amide bonds. The first-order valence-corrected chi connectivity index (χ1v) is 10.3. The smallest absolute Gasteiger partial charge is 0.186 e. The second kappa shape index (κ2) is 8.07. The van der Waals surface area contributed by atoms with Gasteiger partial charge in [0.25, 0.3) is 0 Å². The minimum atomic E-state index is -0.693. The van der Waals surface area contributed by atoms with Crippen LogP contribution in [-0.4, -0.2) is 10.9 Å². The minimum absolute atomic E-state index is 0.635. The summed E-state index contributed by atoms with van der Waals surface area (Å²) in [5.74, 6) is 0.668. The zero-order chi connectivity index (χ0) is 21.1. The summed E-state index contributed by atoms with van der Waals surface area (Å²) in [6.45, 7) is 2.08. The maximum absolute atomic E-state index is 6.08. The van der Waals surface area contributed by atoms with Gasteiger partial charge in [0.15, 0.2) is 11.4 Å². The van der Waals surface area contributed by atoms with Crippen molar-refractivity contribution in [1.82, 2.24) is 5.16 Å². The van der Waals surface area contributed by atoms with Gasteiger partial charge in [-0.15, -0.1) is 0 Å². The van der Waals surface area contributed by atoms with Crippen molar-refractivity contribution in [3.05, 3.63) is 120 Å². The molecule has 4 heteroatoms. The first-order chi connectivity index (χ1) is 15.2. The predicted molar refractivity (Wildman–Crippen MR) is 123 cm³/mol. The number of rotatable bonds is 5. The largest absolute Gasteiger partial charge is 0.379 e. The van der Waals surface area contributed by atoms with E-state index in [4.69, 9.17) is 9.36 Å². The fourth-order valence-electron chi connectivity index (χ4n) is 3.74. The van der Waals surface area contributed by atoms with Gasteiger partial charge in [-0.25, -0.2) is 0 Å². The van der Waals surface area contributed by atoms with Gasteiger partial charge in [-0.1, -0.05) is 101 Å². The molecule has 152 valence electrons. The molecule has 0 aliphatic carbocycles. The summed E-state index contributed by atoms with van der Waals surface area (Å²) in [4.78, 5) is 6.08. The van der Waals surface area contributed by atoms with Crippen LogP contribution in [0.25, 0.3) is 17.3 Å². The summed E-state index contributed by atoms with van der Waals surface area (Å²) >= 11 is 0. The molecule has 3 aromatic carbocycles. The van der Waals surface area contributed by atoms with Gasteiger partial charge in [-0.2, -0.15) is 0 Å². The highest BCUT2D eigenvalue weighted by molar-refractivity contribution is 6.02. The lowest BCUT2D eigenvalue weighted by molar-refractivity contribution is 0.0183. The van der Waals surface area contributed by atoms with Crippen molar-refractivity contribution in [1.29, 1.82) is 0 Å². The van der Waals surface area contributed by atoms with Gasteiger partial charge in [0.2, 0.25) is 0 Å². The van der Waals surface area contributed by atoms with Crippen molar-refractivity contribution in [3.63, 3.8) is 0 Å². The third-order valence-corrected chi connectivity index (χ3v) is 5.51. The third kappa shape index (κ3) is 3.92. The van der Waals surface area contributed by atoms with E-state index < -0.39 is 5.60 Å². The molecule has 0 spiro atoms. The third-order valence-electron chi connectivity index (χ3n) is 5.51. The molecule has 1 aliphatic heterocycles. The number of hydrogen-bond acceptors (Lipinski definition) is 4. The van der Waals surface area contributed by atoms with Crippen LogP contribution in [0.15, 0.2) is 107 Å². The summed E-state index contributed by atoms with van der Waals surface area (Å²) in [6, 6.07) is 30.4. The summed E-state index contributed by atoms with van der Waals surface area (Å²) in [6.07, 6.45) is 4.57. The average molecular weight is 406 g/mol. The zero-order valence-corrected chi connectivity index (χ0v) is 17.2. The molecule has 31 heavy (non-hydrogen) atoms. The first kappa shape index (κ1) is 19.1. The van der Waals surface area contributed by atoms with Gasteiger partial charge >= 0.3 is 0 Å². The van der Waals surface area contributed by atoms with E-state index in [9.17, 15) is 0 Å². The van der Waals surface area contributed by atoms with Crippen LogP contribution in [-0.2, 0) is 10.4 Å². The molecule has 1 unspecified atom stereocenters. The molecular weight excluding hydrogens is 384 g/mol. The standard InChI is InChI=1S/C27H22N2O2/c1-20-12-14-22(15-13-20)26-19-27(31-29-26,23-10-6-3-7-11-23)17-16-24-18-25(28-30-24)21-8-4-2-5-9-21/h2-18H,19H2,1H3/b17-16+. The van der Waals surface area contributed by atoms with Crippen molar-refractivity contribution in [3.8, 4) is 11.3 Å². The molecule has 0 saturated heterocycles. The number of nitrogens with zero attached hydrogens (tertiary/aromatic N) is 2. The lowest BCUT2D eigenvalue weighted by atomic mass is 9.86. The molecule has 4 aromatic rings. The fourth-order valence-corrected chi connectivity index (χ4v) is 3.74. The van der Waals surface area contributed by atoms with Crippen LogP contribution < -0.4 is 0 Å². The second-order valence-corrected chi connectivity index (χ2v) is 7.74. The van der Waals surface area contributed by atoms with Gasteiger partial charge in [0.05, 0.1) is 5.71 Å². The van der Waals surface area contributed by atoms with Gasteiger partial charge in [0.1, 0.15) is 5.69 Å². The Morgan fingerprint density at radius 1 is 0.839 bits per heavy atom. The topological polar surface area (TPSA) is 47.6 Å². The van der Waals surface area contributed by atoms with Crippen molar-refractivity contribution in [2.24, 2.45) is 5.16 Å². The second-order valence-electron chi connectivity index (χ2n) is 7.74. The number of aryl methyl sites for hydroxylation is 1. The molecule has 4 nitrogen and oxygen atoms in total. The Bertz CT molecular complexity index is 1230. The van der Waals surface area contributed by atoms with E-state index in [0.717, 1.165) is 28.1 Å². The lowest BCUT2D eigenvalue weighted by Gasteiger charge is -2.23. The molecule has 1 aromatic heterocycles. The van der Waals surface area contributed by atoms with Crippen molar-refractivity contribution in [2.45, 2.75) is 18.9 Å². The molecular formula is C27H22N2O2. The van der Waals surface area contributed by atoms with Crippen LogP contribution in [0, 0.1) is 6.92 Å². The fraction of sp³-hybridized carbons (Fsp3) is 0.111. The molecule has 2 heterocycles. The highest BCUT2D eigenvalue weighted by Gasteiger charge is 2.39. The first-order valence-electron chi connectivity index (χ1n) is 10.3. The Labute approximate surface area is 181 Å². The SMILES string of the molecule is Cc1ccc(C2=NOC(/C=C/c3cc(-c4ccccc4)no3)(c3ccccc3)C2)cc1. The Balaban J connectivity index is 1.45. The van der Waals surface area contributed by atoms with Crippen LogP contribution in [0.2, 0.25) is 0 Å². The predicted octanol–water partition coefficient (Wildman–Crippen LogP) is 6.38. The quantitative estimate of drug-likeness (QED) is 0.386. The van der Waals surface area contributed by atoms with Crippen LogP contribution in [0.4, 0.5) is 0 Å². The van der Waals surface area contributed by atoms with E-state index in [1.807, 2.05) is 66.7 Å². The van der Waals surface area contributed by atoms with Crippen LogP contribution in [0.1, 0.15) is 28.9 Å². The monoisotopic (exact) mass is 406 g/mol. The van der Waals surface area contributed by atoms with E-state index in [1.54, 1.807) is 0 Å². The molecule has 0 bridgehead atoms. The van der Waals surface area contributed by atoms with Gasteiger partial charge in [-0.05, 0) is 24.6 Å². The molecule has 0 radical (unpaired) electrons. The zero-order valence-electron chi connectivity index (χ0n) is 17.2. The highest BCUT2D eigenvalue weighted by Crippen LogP contribution is 2.38. The van der Waals surface area contributed by atoms with E-state index >= 15 is 0 Å². The molecule has 1 atom stereocenters. The number of hydrogen-bond donors (Lipinski definition) is 0. The van der Waals surface area contributed by atoms with E-state index in [0.29, 0.717) is 12.2 Å². The summed E-state index contributed by atoms with van der Waals surface area (Å²) in [5.41, 5.74) is 5.39. The van der Waals surface area contributed by atoms with Crippen molar-refractivity contribution >= 4 is 11.8 Å². The minimum Gasteiger partial charge on any atom is -0.379 e. The highest BCUT2D eigenvalue weighted by atomic mass is 16.7. The maximum atomic E-state index is 6.08. The number of oxime groups is 1. The van der Waals surface area contributed by atoms with Crippen LogP contribution in [0.5, 0.6) is 0 Å². The molecule has 0 N–H and O–H groups in total. The lowest BCUT2D eigenvalue weighted by Crippen LogP contribution is -2.23. The Kier molecular flexibility index (Phi) is 4.97. The normalized spacial score (nSPS) is 18.2. The Hall–Kier alpha value is -3.92. The van der Waals surface area contributed by atoms with E-state index in [1.165, 1.54) is 5.56 Å². The number of aromatic nitrogens is 1. The van der Waals surface area contributed by atoms with Crippen molar-refractivity contribution < 1.29 is 9.36 Å². The van der Waals surface area contributed by atoms with Gasteiger partial charge in [-0.3, -0.25) is 0 Å². The van der Waals surface area contributed by atoms with Crippen molar-refractivity contribution in [2.75, 3.05) is 0 Å². The van der Waals surface area contributed by atoms with E-state index in [-0.39, 0.29) is 0 Å².